The van der Waals surface area contributed by atoms with Crippen molar-refractivity contribution in [2.24, 2.45) is 0 Å². The summed E-state index contributed by atoms with van der Waals surface area (Å²) in [5.74, 6) is -0.495. The highest BCUT2D eigenvalue weighted by Crippen LogP contribution is 2.37. The quantitative estimate of drug-likeness (QED) is 0.323. The van der Waals surface area contributed by atoms with Gasteiger partial charge in [0.1, 0.15) is 0 Å². The monoisotopic (exact) mass is 496 g/mol. The molecule has 0 atom stereocenters. The second-order valence-electron chi connectivity index (χ2n) is 8.12. The molecule has 8 heteroatoms. The van der Waals surface area contributed by atoms with Crippen molar-refractivity contribution in [1.29, 1.82) is 0 Å². The summed E-state index contributed by atoms with van der Waals surface area (Å²) in [6, 6.07) is 17.6. The number of anilines is 1. The van der Waals surface area contributed by atoms with Crippen molar-refractivity contribution in [2.75, 3.05) is 11.3 Å². The number of aryl methyl sites for hydroxylation is 2. The number of hydrogen-bond acceptors (Lipinski definition) is 4. The topological polar surface area (TPSA) is 77.4 Å². The second-order valence-corrected chi connectivity index (χ2v) is 10.2. The molecule has 0 aliphatic carbocycles. The Morgan fingerprint density at radius 2 is 1.56 bits per heavy atom. The summed E-state index contributed by atoms with van der Waals surface area (Å²) in [6.07, 6.45) is 0. The van der Waals surface area contributed by atoms with Crippen LogP contribution < -0.4 is 4.72 Å². The minimum atomic E-state index is -3.85. The molecule has 0 aliphatic heterocycles. The van der Waals surface area contributed by atoms with Crippen LogP contribution in [0.5, 0.6) is 0 Å². The molecule has 6 nitrogen and oxygen atoms in total. The van der Waals surface area contributed by atoms with E-state index in [1.165, 1.54) is 0 Å². The molecule has 0 spiro atoms. The molecule has 4 rings (SSSR count). The number of aromatic nitrogens is 1. The van der Waals surface area contributed by atoms with Gasteiger partial charge in [-0.05, 0) is 64.1 Å². The van der Waals surface area contributed by atoms with Crippen LogP contribution in [0.15, 0.2) is 65.6 Å². The average Bonchev–Trinajstić information content (AvgIpc) is 3.07. The smallest absolute Gasteiger partial charge is 0.340 e. The van der Waals surface area contributed by atoms with Crippen molar-refractivity contribution < 1.29 is 17.9 Å². The molecule has 1 aromatic heterocycles. The zero-order chi connectivity index (χ0) is 24.6. The van der Waals surface area contributed by atoms with Crippen molar-refractivity contribution in [3.63, 3.8) is 0 Å². The maximum atomic E-state index is 13.0. The van der Waals surface area contributed by atoms with Gasteiger partial charge in [0.25, 0.3) is 10.0 Å². The predicted molar refractivity (Wildman–Crippen MR) is 136 cm³/mol. The van der Waals surface area contributed by atoms with Crippen LogP contribution >= 0.6 is 11.6 Å². The SMILES string of the molecule is CCOC(=O)c1c(C)n(-c2ccc(C)cc2)c2c(Cl)cc(NS(=O)(=O)c3ccc(C)cc3)cc12. The van der Waals surface area contributed by atoms with Crippen LogP contribution in [0.25, 0.3) is 16.6 Å². The van der Waals surface area contributed by atoms with E-state index in [9.17, 15) is 13.2 Å². The number of esters is 1. The lowest BCUT2D eigenvalue weighted by Gasteiger charge is -2.12. The summed E-state index contributed by atoms with van der Waals surface area (Å²) >= 11 is 6.70. The molecular weight excluding hydrogens is 472 g/mol. The van der Waals surface area contributed by atoms with Gasteiger partial charge in [-0.3, -0.25) is 4.72 Å². The Labute approximate surface area is 204 Å². The van der Waals surface area contributed by atoms with Crippen LogP contribution in [0, 0.1) is 20.8 Å². The van der Waals surface area contributed by atoms with Gasteiger partial charge in [-0.25, -0.2) is 13.2 Å². The minimum absolute atomic E-state index is 0.133. The Morgan fingerprint density at radius 1 is 0.971 bits per heavy atom. The third-order valence-electron chi connectivity index (χ3n) is 5.61. The number of hydrogen-bond donors (Lipinski definition) is 1. The molecule has 34 heavy (non-hydrogen) atoms. The van der Waals surface area contributed by atoms with Gasteiger partial charge in [0.15, 0.2) is 0 Å². The van der Waals surface area contributed by atoms with E-state index in [1.54, 1.807) is 43.3 Å². The third kappa shape index (κ3) is 4.41. The highest BCUT2D eigenvalue weighted by Gasteiger charge is 2.25. The van der Waals surface area contributed by atoms with Gasteiger partial charge in [-0.2, -0.15) is 0 Å². The van der Waals surface area contributed by atoms with Crippen LogP contribution in [0.2, 0.25) is 5.02 Å². The molecule has 1 N–H and O–H groups in total. The Morgan fingerprint density at radius 3 is 2.15 bits per heavy atom. The lowest BCUT2D eigenvalue weighted by atomic mass is 10.1. The zero-order valence-corrected chi connectivity index (χ0v) is 20.9. The maximum Gasteiger partial charge on any atom is 0.340 e. The molecule has 1 heterocycles. The third-order valence-corrected chi connectivity index (χ3v) is 7.29. The summed E-state index contributed by atoms with van der Waals surface area (Å²) in [6.45, 7) is 7.64. The second kappa shape index (κ2) is 9.16. The van der Waals surface area contributed by atoms with Gasteiger partial charge in [-0.15, -0.1) is 0 Å². The molecule has 0 saturated carbocycles. The van der Waals surface area contributed by atoms with Crippen LogP contribution in [0.3, 0.4) is 0 Å². The van der Waals surface area contributed by atoms with E-state index in [0.29, 0.717) is 27.2 Å². The van der Waals surface area contributed by atoms with E-state index < -0.39 is 16.0 Å². The molecule has 0 amide bonds. The number of sulfonamides is 1. The molecule has 176 valence electrons. The van der Waals surface area contributed by atoms with Gasteiger partial charge in [0.2, 0.25) is 0 Å². The minimum Gasteiger partial charge on any atom is -0.462 e. The molecule has 0 fully saturated rings. The van der Waals surface area contributed by atoms with Crippen LogP contribution in [-0.4, -0.2) is 25.6 Å². The molecule has 3 aromatic carbocycles. The molecule has 0 bridgehead atoms. The van der Waals surface area contributed by atoms with Crippen molar-refractivity contribution >= 4 is 44.2 Å². The fraction of sp³-hybridized carbons (Fsp3) is 0.192. The van der Waals surface area contributed by atoms with Gasteiger partial charge in [-0.1, -0.05) is 47.0 Å². The van der Waals surface area contributed by atoms with Crippen LogP contribution in [-0.2, 0) is 14.8 Å². The Hall–Kier alpha value is -3.29. The first kappa shape index (κ1) is 23.9. The Balaban J connectivity index is 1.91. The van der Waals surface area contributed by atoms with E-state index in [2.05, 4.69) is 4.72 Å². The fourth-order valence-corrected chi connectivity index (χ4v) is 5.30. The van der Waals surface area contributed by atoms with Gasteiger partial charge in [0.05, 0.1) is 33.3 Å². The van der Waals surface area contributed by atoms with E-state index >= 15 is 0 Å². The van der Waals surface area contributed by atoms with Gasteiger partial charge >= 0.3 is 5.97 Å². The van der Waals surface area contributed by atoms with Crippen molar-refractivity contribution in [3.8, 4) is 5.69 Å². The van der Waals surface area contributed by atoms with Crippen molar-refractivity contribution in [3.05, 3.63) is 88.1 Å². The standard InChI is InChI=1S/C26H25ClN2O4S/c1-5-33-26(30)24-18(4)29(20-10-6-16(2)7-11-20)25-22(24)14-19(15-23(25)27)28-34(31,32)21-12-8-17(3)9-13-21/h6-15,28H,5H2,1-4H3. The number of ether oxygens (including phenoxy) is 1. The molecule has 4 aromatic rings. The van der Waals surface area contributed by atoms with Gasteiger partial charge < -0.3 is 9.30 Å². The number of nitrogens with zero attached hydrogens (tertiary/aromatic N) is 1. The summed E-state index contributed by atoms with van der Waals surface area (Å²) in [4.78, 5) is 13.1. The maximum absolute atomic E-state index is 13.0. The number of fused-ring (bicyclic) bond motifs is 1. The van der Waals surface area contributed by atoms with E-state index in [1.807, 2.05) is 49.6 Å². The molecule has 0 radical (unpaired) electrons. The number of rotatable bonds is 6. The average molecular weight is 497 g/mol. The van der Waals surface area contributed by atoms with Gasteiger partial charge in [0, 0.05) is 16.8 Å². The highest BCUT2D eigenvalue weighted by atomic mass is 35.5. The van der Waals surface area contributed by atoms with E-state index in [0.717, 1.165) is 16.8 Å². The number of carbonyl (C=O) groups is 1. The lowest BCUT2D eigenvalue weighted by molar-refractivity contribution is 0.0527. The van der Waals surface area contributed by atoms with Crippen molar-refractivity contribution in [2.45, 2.75) is 32.6 Å². The first-order chi connectivity index (χ1) is 16.1. The van der Waals surface area contributed by atoms with Crippen LogP contribution in [0.1, 0.15) is 34.1 Å². The largest absolute Gasteiger partial charge is 0.462 e. The highest BCUT2D eigenvalue weighted by molar-refractivity contribution is 7.92. The summed E-state index contributed by atoms with van der Waals surface area (Å²) < 4.78 is 35.7. The molecular formula is C26H25ClN2O4S. The summed E-state index contributed by atoms with van der Waals surface area (Å²) in [5, 5.41) is 0.809. The normalized spacial score (nSPS) is 11.6. The number of carbonyl (C=O) groups excluding carboxylic acids is 1. The zero-order valence-electron chi connectivity index (χ0n) is 19.3. The fourth-order valence-electron chi connectivity index (χ4n) is 3.96. The van der Waals surface area contributed by atoms with Crippen LogP contribution in [0.4, 0.5) is 5.69 Å². The van der Waals surface area contributed by atoms with E-state index in [4.69, 9.17) is 16.3 Å². The summed E-state index contributed by atoms with van der Waals surface area (Å²) in [5.41, 5.74) is 4.74. The Bertz CT molecular complexity index is 1490. The first-order valence-electron chi connectivity index (χ1n) is 10.8. The summed E-state index contributed by atoms with van der Waals surface area (Å²) in [7, 11) is -3.85. The molecule has 0 unspecified atom stereocenters. The van der Waals surface area contributed by atoms with E-state index in [-0.39, 0.29) is 17.2 Å². The first-order valence-corrected chi connectivity index (χ1v) is 12.7. The lowest BCUT2D eigenvalue weighted by Crippen LogP contribution is -2.13. The van der Waals surface area contributed by atoms with Crippen molar-refractivity contribution in [1.82, 2.24) is 4.57 Å². The number of halogens is 1. The predicted octanol–water partition coefficient (Wildman–Crippen LogP) is 6.19. The number of nitrogens with one attached hydrogen (secondary N) is 1. The molecule has 0 saturated heterocycles. The number of benzene rings is 3. The molecule has 0 aliphatic rings. The Kier molecular flexibility index (Phi) is 6.43.